The van der Waals surface area contributed by atoms with Gasteiger partial charge in [0.1, 0.15) is 18.0 Å². The first-order valence-electron chi connectivity index (χ1n) is 8.04. The minimum Gasteiger partial charge on any atom is -0.497 e. The van der Waals surface area contributed by atoms with Gasteiger partial charge in [-0.3, -0.25) is 4.79 Å². The standard InChI is InChI=1S/C19H23ClN2O3/c1-13(19(23)21-16-6-5-7-17(11-16)24-3)22(2)12-14-10-15(20)8-9-18(14)25-4/h5-11,13H,12H2,1-4H3,(H,21,23)/p+1/t13-/m1/s1. The van der Waals surface area contributed by atoms with Gasteiger partial charge in [-0.1, -0.05) is 17.7 Å². The first-order chi connectivity index (χ1) is 11.9. The number of rotatable bonds is 7. The van der Waals surface area contributed by atoms with Crippen LogP contribution in [-0.4, -0.2) is 33.2 Å². The Morgan fingerprint density at radius 2 is 1.96 bits per heavy atom. The summed E-state index contributed by atoms with van der Waals surface area (Å²) >= 11 is 6.08. The SMILES string of the molecule is COc1cccc(NC(=O)[C@@H](C)[NH+](C)Cc2cc(Cl)ccc2OC)c1. The van der Waals surface area contributed by atoms with Crippen LogP contribution >= 0.6 is 11.6 Å². The maximum absolute atomic E-state index is 12.5. The van der Waals surface area contributed by atoms with E-state index in [0.29, 0.717) is 23.0 Å². The zero-order chi connectivity index (χ0) is 18.4. The molecular weight excluding hydrogens is 340 g/mol. The van der Waals surface area contributed by atoms with Gasteiger partial charge in [0.25, 0.3) is 5.91 Å². The molecule has 1 amide bonds. The van der Waals surface area contributed by atoms with Crippen molar-refractivity contribution in [3.8, 4) is 11.5 Å². The summed E-state index contributed by atoms with van der Waals surface area (Å²) in [5.74, 6) is 1.41. The molecule has 25 heavy (non-hydrogen) atoms. The Morgan fingerprint density at radius 1 is 1.20 bits per heavy atom. The van der Waals surface area contributed by atoms with Crippen molar-refractivity contribution in [1.82, 2.24) is 0 Å². The average Bonchev–Trinajstić information content (AvgIpc) is 2.61. The number of benzene rings is 2. The number of quaternary nitrogens is 1. The van der Waals surface area contributed by atoms with Crippen molar-refractivity contribution in [2.24, 2.45) is 0 Å². The van der Waals surface area contributed by atoms with Crippen LogP contribution in [-0.2, 0) is 11.3 Å². The molecule has 0 aliphatic heterocycles. The van der Waals surface area contributed by atoms with Crippen LogP contribution in [0.1, 0.15) is 12.5 Å². The van der Waals surface area contributed by atoms with Gasteiger partial charge in [-0.2, -0.15) is 0 Å². The normalized spacial score (nSPS) is 13.0. The number of nitrogens with one attached hydrogen (secondary N) is 2. The Morgan fingerprint density at radius 3 is 2.64 bits per heavy atom. The van der Waals surface area contributed by atoms with Crippen LogP contribution in [0.2, 0.25) is 5.02 Å². The molecule has 1 unspecified atom stereocenters. The third-order valence-electron chi connectivity index (χ3n) is 4.18. The van der Waals surface area contributed by atoms with Crippen LogP contribution in [0.4, 0.5) is 5.69 Å². The van der Waals surface area contributed by atoms with E-state index in [-0.39, 0.29) is 11.9 Å². The molecule has 2 aromatic carbocycles. The van der Waals surface area contributed by atoms with Crippen LogP contribution in [0.3, 0.4) is 0 Å². The van der Waals surface area contributed by atoms with Gasteiger partial charge < -0.3 is 19.7 Å². The highest BCUT2D eigenvalue weighted by Crippen LogP contribution is 2.22. The lowest BCUT2D eigenvalue weighted by atomic mass is 10.1. The fourth-order valence-corrected chi connectivity index (χ4v) is 2.71. The number of carbonyl (C=O) groups excluding carboxylic acids is 1. The van der Waals surface area contributed by atoms with Crippen LogP contribution in [0.25, 0.3) is 0 Å². The smallest absolute Gasteiger partial charge is 0.282 e. The van der Waals surface area contributed by atoms with Gasteiger partial charge in [0, 0.05) is 22.3 Å². The topological polar surface area (TPSA) is 52.0 Å². The highest BCUT2D eigenvalue weighted by atomic mass is 35.5. The van der Waals surface area contributed by atoms with Crippen LogP contribution < -0.4 is 19.7 Å². The van der Waals surface area contributed by atoms with Gasteiger partial charge in [0.15, 0.2) is 6.04 Å². The molecular formula is C19H24ClN2O3+. The molecule has 134 valence electrons. The predicted molar refractivity (Wildman–Crippen MR) is 99.7 cm³/mol. The molecule has 2 atom stereocenters. The molecule has 0 fully saturated rings. The summed E-state index contributed by atoms with van der Waals surface area (Å²) < 4.78 is 10.6. The third-order valence-corrected chi connectivity index (χ3v) is 4.42. The Hall–Kier alpha value is -2.24. The van der Waals surface area contributed by atoms with E-state index >= 15 is 0 Å². The maximum Gasteiger partial charge on any atom is 0.282 e. The number of methoxy groups -OCH3 is 2. The lowest BCUT2D eigenvalue weighted by molar-refractivity contribution is -0.907. The van der Waals surface area contributed by atoms with Crippen molar-refractivity contribution in [3.05, 3.63) is 53.1 Å². The summed E-state index contributed by atoms with van der Waals surface area (Å²) in [6.07, 6.45) is 0. The van der Waals surface area contributed by atoms with Crippen LogP contribution in [0, 0.1) is 0 Å². The Bertz CT molecular complexity index is 736. The monoisotopic (exact) mass is 363 g/mol. The molecule has 6 heteroatoms. The number of likely N-dealkylation sites (N-methyl/N-ethyl adjacent to an activating group) is 1. The van der Waals surface area contributed by atoms with Crippen molar-refractivity contribution in [2.75, 3.05) is 26.6 Å². The quantitative estimate of drug-likeness (QED) is 0.794. The van der Waals surface area contributed by atoms with E-state index in [9.17, 15) is 4.79 Å². The first-order valence-corrected chi connectivity index (χ1v) is 8.42. The molecule has 2 aromatic rings. The molecule has 0 aliphatic rings. The van der Waals surface area contributed by atoms with E-state index in [1.165, 1.54) is 0 Å². The van der Waals surface area contributed by atoms with Crippen LogP contribution in [0.5, 0.6) is 11.5 Å². The lowest BCUT2D eigenvalue weighted by Gasteiger charge is -2.22. The average molecular weight is 364 g/mol. The van der Waals surface area contributed by atoms with E-state index < -0.39 is 0 Å². The van der Waals surface area contributed by atoms with Gasteiger partial charge in [0.05, 0.1) is 21.3 Å². The van der Waals surface area contributed by atoms with E-state index in [1.54, 1.807) is 26.4 Å². The van der Waals surface area contributed by atoms with Gasteiger partial charge in [-0.15, -0.1) is 0 Å². The van der Waals surface area contributed by atoms with Crippen molar-refractivity contribution in [1.29, 1.82) is 0 Å². The molecule has 5 nitrogen and oxygen atoms in total. The van der Waals surface area contributed by atoms with Crippen molar-refractivity contribution in [2.45, 2.75) is 19.5 Å². The van der Waals surface area contributed by atoms with Crippen molar-refractivity contribution >= 4 is 23.2 Å². The van der Waals surface area contributed by atoms with Gasteiger partial charge in [-0.05, 0) is 37.3 Å². The Balaban J connectivity index is 2.04. The number of hydrogen-bond acceptors (Lipinski definition) is 3. The van der Waals surface area contributed by atoms with E-state index in [4.69, 9.17) is 21.1 Å². The van der Waals surface area contributed by atoms with E-state index in [1.807, 2.05) is 44.3 Å². The zero-order valence-corrected chi connectivity index (χ0v) is 15.7. The predicted octanol–water partition coefficient (Wildman–Crippen LogP) is 2.40. The fourth-order valence-electron chi connectivity index (χ4n) is 2.51. The largest absolute Gasteiger partial charge is 0.497 e. The third kappa shape index (κ3) is 5.11. The number of halogens is 1. The maximum atomic E-state index is 12.5. The summed E-state index contributed by atoms with van der Waals surface area (Å²) in [4.78, 5) is 13.6. The van der Waals surface area contributed by atoms with E-state index in [0.717, 1.165) is 16.2 Å². The number of carbonyl (C=O) groups is 1. The number of amides is 1. The summed E-state index contributed by atoms with van der Waals surface area (Å²) in [5, 5.41) is 3.58. The minimum absolute atomic E-state index is 0.0632. The lowest BCUT2D eigenvalue weighted by Crippen LogP contribution is -3.12. The molecule has 0 radical (unpaired) electrons. The van der Waals surface area contributed by atoms with Crippen molar-refractivity contribution < 1.29 is 19.2 Å². The molecule has 2 rings (SSSR count). The number of hydrogen-bond donors (Lipinski definition) is 2. The summed E-state index contributed by atoms with van der Waals surface area (Å²) in [5.41, 5.74) is 1.68. The summed E-state index contributed by atoms with van der Waals surface area (Å²) in [6, 6.07) is 12.5. The highest BCUT2D eigenvalue weighted by molar-refractivity contribution is 6.30. The van der Waals surface area contributed by atoms with Gasteiger partial charge in [-0.25, -0.2) is 0 Å². The van der Waals surface area contributed by atoms with E-state index in [2.05, 4.69) is 5.32 Å². The van der Waals surface area contributed by atoms with Gasteiger partial charge >= 0.3 is 0 Å². The highest BCUT2D eigenvalue weighted by Gasteiger charge is 2.23. The molecule has 2 N–H and O–H groups in total. The summed E-state index contributed by atoms with van der Waals surface area (Å²) in [7, 11) is 5.19. The fraction of sp³-hybridized carbons (Fsp3) is 0.316. The second kappa shape index (κ2) is 8.74. The molecule has 0 aromatic heterocycles. The number of anilines is 1. The minimum atomic E-state index is -0.255. The second-order valence-electron chi connectivity index (χ2n) is 5.92. The molecule has 0 bridgehead atoms. The second-order valence-corrected chi connectivity index (χ2v) is 6.36. The molecule has 0 spiro atoms. The number of ether oxygens (including phenoxy) is 2. The summed E-state index contributed by atoms with van der Waals surface area (Å²) in [6.45, 7) is 2.51. The molecule has 0 heterocycles. The van der Waals surface area contributed by atoms with Crippen molar-refractivity contribution in [3.63, 3.8) is 0 Å². The Kier molecular flexibility index (Phi) is 6.67. The molecule has 0 saturated carbocycles. The van der Waals surface area contributed by atoms with Gasteiger partial charge in [0.2, 0.25) is 0 Å². The zero-order valence-electron chi connectivity index (χ0n) is 14.9. The molecule has 0 aliphatic carbocycles. The Labute approximate surface area is 153 Å². The molecule has 0 saturated heterocycles. The first kappa shape index (κ1) is 19.1. The van der Waals surface area contributed by atoms with Crippen LogP contribution in [0.15, 0.2) is 42.5 Å².